The molecule has 11 heteroatoms. The van der Waals surface area contributed by atoms with Gasteiger partial charge >= 0.3 is 172 Å². The average Bonchev–Trinajstić information content (AvgIpc) is 2.94. The van der Waals surface area contributed by atoms with Crippen LogP contribution < -0.4 is 30.9 Å². The van der Waals surface area contributed by atoms with E-state index in [1.54, 1.807) is 21.0 Å². The number of aliphatic carboxylic acids is 1. The Bertz CT molecular complexity index is 1110. The third-order valence-corrected chi connectivity index (χ3v) is 8.61. The summed E-state index contributed by atoms with van der Waals surface area (Å²) in [5, 5.41) is 18.0. The molecule has 2 aromatic rings. The quantitative estimate of drug-likeness (QED) is 0.175. The summed E-state index contributed by atoms with van der Waals surface area (Å²) in [6.07, 6.45) is 1.40. The molecule has 0 aromatic heterocycles. The van der Waals surface area contributed by atoms with Crippen LogP contribution in [0.5, 0.6) is 5.75 Å². The van der Waals surface area contributed by atoms with E-state index in [4.69, 9.17) is 10.5 Å². The van der Waals surface area contributed by atoms with Crippen molar-refractivity contribution in [2.75, 3.05) is 7.11 Å². The van der Waals surface area contributed by atoms with Gasteiger partial charge in [0, 0.05) is 0 Å². The molecule has 0 fully saturated rings. The Hall–Kier alpha value is -3.40. The fourth-order valence-electron chi connectivity index (χ4n) is 3.80. The number of amides is 3. The third-order valence-electron chi connectivity index (χ3n) is 6.24. The number of ether oxygens (including phenoxy) is 1. The Morgan fingerprint density at radius 1 is 0.900 bits per heavy atom. The monoisotopic (exact) mass is 620 g/mol. The van der Waals surface area contributed by atoms with Crippen LogP contribution in [-0.2, 0) is 25.6 Å². The zero-order chi connectivity index (χ0) is 29.7. The summed E-state index contributed by atoms with van der Waals surface area (Å²) in [7, 11) is 1.59. The van der Waals surface area contributed by atoms with Crippen LogP contribution in [-0.4, -0.2) is 75.0 Å². The van der Waals surface area contributed by atoms with Gasteiger partial charge < -0.3 is 9.84 Å². The van der Waals surface area contributed by atoms with Crippen molar-refractivity contribution < 1.29 is 29.0 Å². The van der Waals surface area contributed by atoms with Gasteiger partial charge in [0.1, 0.15) is 5.75 Å². The van der Waals surface area contributed by atoms with Crippen LogP contribution >= 0.6 is 0 Å². The van der Waals surface area contributed by atoms with Gasteiger partial charge in [0.05, 0.1) is 7.11 Å². The Morgan fingerprint density at radius 2 is 1.55 bits per heavy atom. The second-order valence-corrected chi connectivity index (χ2v) is 12.1. The van der Waals surface area contributed by atoms with E-state index in [9.17, 15) is 24.3 Å². The fourth-order valence-corrected chi connectivity index (χ4v) is 5.63. The van der Waals surface area contributed by atoms with Gasteiger partial charge in [-0.05, 0) is 30.5 Å². The van der Waals surface area contributed by atoms with Gasteiger partial charge in [0.2, 0.25) is 0 Å². The average molecular weight is 620 g/mol. The first-order valence-electron chi connectivity index (χ1n) is 13.2. The molecule has 2 aromatic carbocycles. The van der Waals surface area contributed by atoms with Gasteiger partial charge in [-0.25, -0.2) is 4.79 Å². The normalized spacial score (nSPS) is 13.9. The second kappa shape index (κ2) is 16.6. The number of carbonyl (C=O) groups is 4. The molecule has 0 spiro atoms. The van der Waals surface area contributed by atoms with Crippen LogP contribution in [0.15, 0.2) is 54.6 Å². The summed E-state index contributed by atoms with van der Waals surface area (Å²) in [6.45, 7) is 5.00. The van der Waals surface area contributed by atoms with Gasteiger partial charge in [-0.2, -0.15) is 0 Å². The zero-order valence-corrected chi connectivity index (χ0v) is 25.1. The minimum Gasteiger partial charge on any atom is -0.480 e. The van der Waals surface area contributed by atoms with E-state index in [2.05, 4.69) is 16.0 Å². The number of rotatable bonds is 16. The number of hydrogen-bond acceptors (Lipinski definition) is 6. The molecular weight excluding hydrogens is 579 g/mol. The Kier molecular flexibility index (Phi) is 13.7. The smallest absolute Gasteiger partial charge is 0.480 e. The standard InChI is InChI=1S/C29H40N4O6Se/c1-18(2)25(28(36)32-24(29(37)38)12-8-9-20-13-15-21(39-4)16-14-20)33-26(34)19(3)31-27(35)23(30)17-40-22-10-6-5-7-11-22/h5-7,10-11,13-16,18-19,23-25H,8-9,12,17,30H2,1-4H3,(H,31,35)(H,32,36)(H,33,34)(H,37,38)/t19-,23+,24-,25-/m0/s1. The van der Waals surface area contributed by atoms with Crippen LogP contribution in [0.3, 0.4) is 0 Å². The van der Waals surface area contributed by atoms with E-state index in [0.29, 0.717) is 18.2 Å². The Balaban J connectivity index is 1.87. The van der Waals surface area contributed by atoms with Crippen molar-refractivity contribution in [2.24, 2.45) is 11.7 Å². The van der Waals surface area contributed by atoms with E-state index in [1.807, 2.05) is 54.6 Å². The molecule has 218 valence electrons. The molecule has 6 N–H and O–H groups in total. The van der Waals surface area contributed by atoms with Crippen molar-refractivity contribution in [3.05, 3.63) is 60.2 Å². The zero-order valence-electron chi connectivity index (χ0n) is 23.4. The molecule has 4 atom stereocenters. The van der Waals surface area contributed by atoms with Gasteiger partial charge in [-0.3, -0.25) is 0 Å². The molecule has 0 aliphatic carbocycles. The summed E-state index contributed by atoms with van der Waals surface area (Å²) in [5.41, 5.74) is 7.06. The number of carboxylic acid groups (broad SMARTS) is 1. The van der Waals surface area contributed by atoms with Crippen LogP contribution in [0.4, 0.5) is 0 Å². The van der Waals surface area contributed by atoms with E-state index in [-0.39, 0.29) is 27.3 Å². The van der Waals surface area contributed by atoms with Crippen molar-refractivity contribution in [3.63, 3.8) is 0 Å². The number of benzene rings is 2. The van der Waals surface area contributed by atoms with Gasteiger partial charge in [0.15, 0.2) is 0 Å². The molecule has 0 saturated carbocycles. The summed E-state index contributed by atoms with van der Waals surface area (Å²) in [5.74, 6) is -2.34. The Labute approximate surface area is 242 Å². The van der Waals surface area contributed by atoms with Gasteiger partial charge in [-0.15, -0.1) is 0 Å². The fraction of sp³-hybridized carbons (Fsp3) is 0.448. The van der Waals surface area contributed by atoms with Crippen molar-refractivity contribution >= 4 is 43.1 Å². The topological polar surface area (TPSA) is 160 Å². The van der Waals surface area contributed by atoms with Gasteiger partial charge in [-0.1, -0.05) is 12.1 Å². The third kappa shape index (κ3) is 11.0. The van der Waals surface area contributed by atoms with Crippen molar-refractivity contribution in [1.29, 1.82) is 0 Å². The first kappa shape index (κ1) is 32.8. The van der Waals surface area contributed by atoms with Crippen LogP contribution in [0.2, 0.25) is 5.32 Å². The van der Waals surface area contributed by atoms with E-state index < -0.39 is 47.9 Å². The molecule has 0 heterocycles. The molecule has 40 heavy (non-hydrogen) atoms. The second-order valence-electron chi connectivity index (χ2n) is 9.83. The molecular formula is C29H40N4O6Se. The number of nitrogens with two attached hydrogens (primary N) is 1. The summed E-state index contributed by atoms with van der Waals surface area (Å²) >= 11 is 0.0136. The SMILES string of the molecule is COc1ccc(CCC[C@H](NC(=O)[C@@H](NC(=O)[C@H](C)NC(=O)[C@H](N)C[Se]c2ccccc2)C(C)C)C(=O)O)cc1. The van der Waals surface area contributed by atoms with E-state index in [1.165, 1.54) is 6.92 Å². The van der Waals surface area contributed by atoms with Crippen LogP contribution in [0, 0.1) is 5.92 Å². The van der Waals surface area contributed by atoms with Crippen LogP contribution in [0.25, 0.3) is 0 Å². The molecule has 3 amide bonds. The molecule has 0 saturated heterocycles. The number of aryl methyl sites for hydroxylation is 1. The molecule has 10 nitrogen and oxygen atoms in total. The first-order valence-corrected chi connectivity index (χ1v) is 15.3. The van der Waals surface area contributed by atoms with Crippen LogP contribution in [0.1, 0.15) is 39.2 Å². The number of methoxy groups -OCH3 is 1. The summed E-state index contributed by atoms with van der Waals surface area (Å²) in [4.78, 5) is 50.2. The number of carboxylic acids is 1. The first-order chi connectivity index (χ1) is 19.0. The number of nitrogens with one attached hydrogen (secondary N) is 3. The van der Waals surface area contributed by atoms with Crippen molar-refractivity contribution in [3.8, 4) is 5.75 Å². The van der Waals surface area contributed by atoms with Crippen molar-refractivity contribution in [2.45, 2.75) is 69.5 Å². The minimum atomic E-state index is -1.15. The molecule has 0 aliphatic rings. The number of hydrogen-bond donors (Lipinski definition) is 5. The summed E-state index contributed by atoms with van der Waals surface area (Å²) < 4.78 is 6.26. The maximum atomic E-state index is 13.0. The maximum absolute atomic E-state index is 13.0. The van der Waals surface area contributed by atoms with E-state index in [0.717, 1.165) is 15.8 Å². The summed E-state index contributed by atoms with van der Waals surface area (Å²) in [6, 6.07) is 13.4. The van der Waals surface area contributed by atoms with Gasteiger partial charge in [0.25, 0.3) is 0 Å². The molecule has 0 unspecified atom stereocenters. The predicted molar refractivity (Wildman–Crippen MR) is 154 cm³/mol. The van der Waals surface area contributed by atoms with E-state index >= 15 is 0 Å². The molecule has 2 rings (SSSR count). The predicted octanol–water partition coefficient (Wildman–Crippen LogP) is 1.01. The Morgan fingerprint density at radius 3 is 2.12 bits per heavy atom. The molecule has 0 bridgehead atoms. The molecule has 0 aliphatic heterocycles. The number of carbonyl (C=O) groups excluding carboxylic acids is 3. The molecule has 0 radical (unpaired) electrons. The minimum absolute atomic E-state index is 0.0136. The van der Waals surface area contributed by atoms with Crippen molar-refractivity contribution in [1.82, 2.24) is 16.0 Å².